The number of nitrogen functional groups attached to an aromatic ring is 1. The lowest BCUT2D eigenvalue weighted by molar-refractivity contribution is 0.470. The minimum Gasteiger partial charge on any atom is -0.438 e. The van der Waals surface area contributed by atoms with Crippen LogP contribution in [0.4, 0.5) is 11.6 Å². The van der Waals surface area contributed by atoms with E-state index in [1.807, 2.05) is 36.4 Å². The van der Waals surface area contributed by atoms with Crippen LogP contribution in [0.1, 0.15) is 5.56 Å². The summed E-state index contributed by atoms with van der Waals surface area (Å²) in [5.74, 6) is 0.886. The van der Waals surface area contributed by atoms with Crippen LogP contribution in [0, 0.1) is 0 Å². The third kappa shape index (κ3) is 5.04. The molecule has 0 atom stereocenters. The van der Waals surface area contributed by atoms with Gasteiger partial charge in [-0.25, -0.2) is 23.4 Å². The second-order valence-electron chi connectivity index (χ2n) is 7.76. The molecule has 0 spiro atoms. The van der Waals surface area contributed by atoms with Crippen molar-refractivity contribution in [3.8, 4) is 22.9 Å². The quantitative estimate of drug-likeness (QED) is 0.334. The third-order valence-electron chi connectivity index (χ3n) is 5.27. The molecule has 0 saturated carbocycles. The van der Waals surface area contributed by atoms with Crippen LogP contribution in [0.15, 0.2) is 97.3 Å². The Kier molecular flexibility index (Phi) is 5.99. The van der Waals surface area contributed by atoms with Gasteiger partial charge in [0.1, 0.15) is 5.75 Å². The fraction of sp³-hybridized carbons (Fsp3) is 0.0385. The number of benzene rings is 3. The molecule has 0 unspecified atom stereocenters. The predicted octanol–water partition coefficient (Wildman–Crippen LogP) is 5.01. The number of hydrogen-bond donors (Lipinski definition) is 2. The third-order valence-corrected chi connectivity index (χ3v) is 6.52. The number of sulfonamides is 1. The zero-order valence-electron chi connectivity index (χ0n) is 18.5. The topological polar surface area (TPSA) is 120 Å². The fourth-order valence-electron chi connectivity index (χ4n) is 3.75. The maximum Gasteiger partial charge on any atom is 0.236 e. The second kappa shape index (κ2) is 9.40. The van der Waals surface area contributed by atoms with Crippen LogP contribution >= 0.6 is 0 Å². The summed E-state index contributed by atoms with van der Waals surface area (Å²) in [6.07, 6.45) is 3.19. The van der Waals surface area contributed by atoms with Crippen molar-refractivity contribution in [2.24, 2.45) is 0 Å². The van der Waals surface area contributed by atoms with E-state index in [0.717, 1.165) is 5.39 Å². The molecular formula is C26H21N5O3S. The largest absolute Gasteiger partial charge is 0.438 e. The summed E-state index contributed by atoms with van der Waals surface area (Å²) in [6.45, 7) is 0. The summed E-state index contributed by atoms with van der Waals surface area (Å²) in [5, 5.41) is 1.43. The maximum absolute atomic E-state index is 12.8. The van der Waals surface area contributed by atoms with Crippen LogP contribution in [0.25, 0.3) is 22.0 Å². The normalized spacial score (nSPS) is 11.3. The molecule has 0 aliphatic rings. The average Bonchev–Trinajstić information content (AvgIpc) is 2.85. The molecule has 35 heavy (non-hydrogen) atoms. The highest BCUT2D eigenvalue weighted by molar-refractivity contribution is 7.91. The Hall–Kier alpha value is -4.50. The van der Waals surface area contributed by atoms with Gasteiger partial charge in [0.05, 0.1) is 22.7 Å². The van der Waals surface area contributed by atoms with E-state index in [0.29, 0.717) is 39.5 Å². The van der Waals surface area contributed by atoms with Crippen LogP contribution in [0.3, 0.4) is 0 Å². The molecule has 5 rings (SSSR count). The monoisotopic (exact) mass is 483 g/mol. The molecule has 2 heterocycles. The van der Waals surface area contributed by atoms with E-state index in [-0.39, 0.29) is 11.7 Å². The summed E-state index contributed by atoms with van der Waals surface area (Å²) >= 11 is 0. The van der Waals surface area contributed by atoms with Crippen molar-refractivity contribution in [3.63, 3.8) is 0 Å². The number of nitrogens with two attached hydrogens (primary N) is 1. The number of ether oxygens (including phenoxy) is 1. The summed E-state index contributed by atoms with van der Waals surface area (Å²) < 4.78 is 34.6. The SMILES string of the molecule is Nc1nccc(-c2cccnc2Oc2cccc3c(NS(=O)(=O)Cc4ccccc4)cccc23)n1. The Morgan fingerprint density at radius 3 is 2.43 bits per heavy atom. The lowest BCUT2D eigenvalue weighted by Gasteiger charge is -2.14. The highest BCUT2D eigenvalue weighted by Crippen LogP contribution is 2.36. The molecule has 9 heteroatoms. The molecule has 0 aliphatic heterocycles. The molecule has 2 aromatic heterocycles. The number of rotatable bonds is 7. The van der Waals surface area contributed by atoms with Gasteiger partial charge in [0.2, 0.25) is 21.9 Å². The minimum absolute atomic E-state index is 0.125. The van der Waals surface area contributed by atoms with E-state index in [9.17, 15) is 8.42 Å². The highest BCUT2D eigenvalue weighted by Gasteiger charge is 2.16. The molecule has 0 saturated heterocycles. The average molecular weight is 484 g/mol. The number of aromatic nitrogens is 3. The molecule has 3 N–H and O–H groups in total. The first-order valence-electron chi connectivity index (χ1n) is 10.8. The number of hydrogen-bond acceptors (Lipinski definition) is 7. The predicted molar refractivity (Wildman–Crippen MR) is 136 cm³/mol. The van der Waals surface area contributed by atoms with Gasteiger partial charge >= 0.3 is 0 Å². The van der Waals surface area contributed by atoms with Crippen molar-refractivity contribution >= 4 is 32.4 Å². The van der Waals surface area contributed by atoms with Crippen LogP contribution in [-0.4, -0.2) is 23.4 Å². The molecule has 0 bridgehead atoms. The molecule has 0 aliphatic carbocycles. The first kappa shape index (κ1) is 22.3. The van der Waals surface area contributed by atoms with Crippen molar-refractivity contribution in [2.45, 2.75) is 5.75 Å². The minimum atomic E-state index is -3.63. The van der Waals surface area contributed by atoms with Gasteiger partial charge in [-0.15, -0.1) is 0 Å². The van der Waals surface area contributed by atoms with Crippen LogP contribution in [0.5, 0.6) is 11.6 Å². The van der Waals surface area contributed by atoms with Crippen molar-refractivity contribution < 1.29 is 13.2 Å². The van der Waals surface area contributed by atoms with Crippen LogP contribution in [0.2, 0.25) is 0 Å². The molecule has 5 aromatic rings. The lowest BCUT2D eigenvalue weighted by atomic mass is 10.1. The molecule has 8 nitrogen and oxygen atoms in total. The van der Waals surface area contributed by atoms with Crippen LogP contribution < -0.4 is 15.2 Å². The number of fused-ring (bicyclic) bond motifs is 1. The Labute approximate surface area is 202 Å². The molecule has 3 aromatic carbocycles. The van der Waals surface area contributed by atoms with Crippen molar-refractivity contribution in [1.82, 2.24) is 15.0 Å². The Bertz CT molecular complexity index is 1610. The zero-order chi connectivity index (χ0) is 24.3. The van der Waals surface area contributed by atoms with Gasteiger partial charge < -0.3 is 10.5 Å². The number of anilines is 2. The lowest BCUT2D eigenvalue weighted by Crippen LogP contribution is -2.15. The van der Waals surface area contributed by atoms with Gasteiger partial charge in [0, 0.05) is 23.2 Å². The van der Waals surface area contributed by atoms with Crippen LogP contribution in [-0.2, 0) is 15.8 Å². The van der Waals surface area contributed by atoms with Gasteiger partial charge in [0.15, 0.2) is 0 Å². The first-order chi connectivity index (χ1) is 17.0. The van der Waals surface area contributed by atoms with Gasteiger partial charge in [-0.3, -0.25) is 4.72 Å². The molecule has 0 fully saturated rings. The Balaban J connectivity index is 1.49. The highest BCUT2D eigenvalue weighted by atomic mass is 32.2. The molecule has 0 amide bonds. The molecular weight excluding hydrogens is 462 g/mol. The van der Waals surface area contributed by atoms with E-state index < -0.39 is 10.0 Å². The standard InChI is InChI=1S/C26H21N5O3S/c27-26-29-16-14-22(30-26)21-11-6-15-28-25(21)34-24-13-5-9-19-20(24)10-4-12-23(19)31-35(32,33)17-18-7-2-1-3-8-18/h1-16,31H,17H2,(H2,27,29,30). The summed E-state index contributed by atoms with van der Waals surface area (Å²) in [4.78, 5) is 12.6. The number of nitrogens with one attached hydrogen (secondary N) is 1. The van der Waals surface area contributed by atoms with E-state index in [4.69, 9.17) is 10.5 Å². The first-order valence-corrected chi connectivity index (χ1v) is 12.4. The van der Waals surface area contributed by atoms with Crippen molar-refractivity contribution in [2.75, 3.05) is 10.5 Å². The Morgan fingerprint density at radius 1 is 0.800 bits per heavy atom. The number of nitrogens with zero attached hydrogens (tertiary/aromatic N) is 3. The van der Waals surface area contributed by atoms with Crippen molar-refractivity contribution in [1.29, 1.82) is 0 Å². The molecule has 0 radical (unpaired) electrons. The van der Waals surface area contributed by atoms with Gasteiger partial charge in [-0.1, -0.05) is 54.6 Å². The fourth-order valence-corrected chi connectivity index (χ4v) is 4.97. The zero-order valence-corrected chi connectivity index (χ0v) is 19.3. The second-order valence-corrected chi connectivity index (χ2v) is 9.48. The van der Waals surface area contributed by atoms with E-state index in [1.54, 1.807) is 60.9 Å². The van der Waals surface area contributed by atoms with Gasteiger partial charge in [-0.05, 0) is 35.9 Å². The summed E-state index contributed by atoms with van der Waals surface area (Å²) in [5.41, 5.74) is 8.15. The Morgan fingerprint density at radius 2 is 1.60 bits per heavy atom. The van der Waals surface area contributed by atoms with E-state index >= 15 is 0 Å². The van der Waals surface area contributed by atoms with Crippen molar-refractivity contribution in [3.05, 3.63) is 103 Å². The van der Waals surface area contributed by atoms with E-state index in [2.05, 4.69) is 19.7 Å². The van der Waals surface area contributed by atoms with Gasteiger partial charge in [0.25, 0.3) is 0 Å². The van der Waals surface area contributed by atoms with Gasteiger partial charge in [-0.2, -0.15) is 0 Å². The summed E-state index contributed by atoms with van der Waals surface area (Å²) in [6, 6.07) is 25.2. The summed E-state index contributed by atoms with van der Waals surface area (Å²) in [7, 11) is -3.63. The maximum atomic E-state index is 12.8. The number of pyridine rings is 1. The smallest absolute Gasteiger partial charge is 0.236 e. The van der Waals surface area contributed by atoms with E-state index in [1.165, 1.54) is 0 Å². The molecule has 174 valence electrons.